The zero-order chi connectivity index (χ0) is 38.4. The van der Waals surface area contributed by atoms with Crippen LogP contribution < -0.4 is 5.32 Å². The molecule has 7 nitrogen and oxygen atoms in total. The lowest BCUT2D eigenvalue weighted by atomic mass is 9.96. The fourth-order valence-electron chi connectivity index (χ4n) is 5.12. The zero-order valence-corrected chi connectivity index (χ0v) is 34.6. The fourth-order valence-corrected chi connectivity index (χ4v) is 5.83. The van der Waals surface area contributed by atoms with Gasteiger partial charge in [-0.1, -0.05) is 129 Å². The van der Waals surface area contributed by atoms with Crippen LogP contribution >= 0.6 is 0 Å². The molecule has 0 unspecified atom stereocenters. The van der Waals surface area contributed by atoms with Gasteiger partial charge in [0.1, 0.15) is 6.10 Å². The summed E-state index contributed by atoms with van der Waals surface area (Å²) in [4.78, 5) is 25.6. The van der Waals surface area contributed by atoms with Gasteiger partial charge >= 0.3 is 12.1 Å². The van der Waals surface area contributed by atoms with Crippen molar-refractivity contribution in [3.8, 4) is 0 Å². The Morgan fingerprint density at radius 3 is 2.29 bits per heavy atom. The lowest BCUT2D eigenvalue weighted by molar-refractivity contribution is -0.143. The molecule has 1 aliphatic heterocycles. The Kier molecular flexibility index (Phi) is 22.0. The van der Waals surface area contributed by atoms with E-state index in [1.165, 1.54) is 5.57 Å². The third kappa shape index (κ3) is 21.5. The first kappa shape index (κ1) is 45.6. The van der Waals surface area contributed by atoms with Crippen molar-refractivity contribution >= 4 is 20.1 Å². The Morgan fingerprint density at radius 1 is 0.941 bits per heavy atom. The van der Waals surface area contributed by atoms with Crippen LogP contribution in [0.1, 0.15) is 67.7 Å². The number of amides is 1. The Balaban J connectivity index is 3.31. The van der Waals surface area contributed by atoms with E-state index in [4.69, 9.17) is 18.9 Å². The lowest BCUT2D eigenvalue weighted by Gasteiger charge is -2.23. The summed E-state index contributed by atoms with van der Waals surface area (Å²) in [6, 6.07) is 0.929. The van der Waals surface area contributed by atoms with Gasteiger partial charge < -0.3 is 24.3 Å². The zero-order valence-electron chi connectivity index (χ0n) is 33.6. The molecule has 1 amide bonds. The maximum absolute atomic E-state index is 13.4. The second kappa shape index (κ2) is 24.7. The molecular formula is C43H67NO6Si. The van der Waals surface area contributed by atoms with Crippen LogP contribution in [0.2, 0.25) is 25.7 Å². The number of allylic oxidation sites excluding steroid dienone is 11. The predicted octanol–water partition coefficient (Wildman–Crippen LogP) is 10.4. The van der Waals surface area contributed by atoms with Crippen molar-refractivity contribution in [1.29, 1.82) is 0 Å². The molecule has 0 spiro atoms. The topological polar surface area (TPSA) is 83.1 Å². The van der Waals surface area contributed by atoms with Crippen LogP contribution in [0.25, 0.3) is 0 Å². The predicted molar refractivity (Wildman–Crippen MR) is 217 cm³/mol. The molecule has 8 heteroatoms. The Labute approximate surface area is 311 Å². The van der Waals surface area contributed by atoms with E-state index in [2.05, 4.69) is 81.3 Å². The number of esters is 1. The number of alkyl carbamates (subject to hydrolysis) is 1. The Bertz CT molecular complexity index is 1370. The van der Waals surface area contributed by atoms with Gasteiger partial charge in [-0.2, -0.15) is 0 Å². The molecule has 0 saturated heterocycles. The number of carbonyl (C=O) groups excluding carboxylic acids is 2. The first-order valence-corrected chi connectivity index (χ1v) is 22.0. The van der Waals surface area contributed by atoms with Crippen molar-refractivity contribution in [2.75, 3.05) is 27.4 Å². The molecule has 1 rings (SSSR count). The van der Waals surface area contributed by atoms with Gasteiger partial charge in [-0.05, 0) is 71.4 Å². The molecule has 5 atom stereocenters. The van der Waals surface area contributed by atoms with Crippen LogP contribution in [-0.4, -0.2) is 65.8 Å². The fraction of sp³-hybridized carbons (Fsp3) is 0.535. The number of hydrogen-bond donors (Lipinski definition) is 1. The highest BCUT2D eigenvalue weighted by molar-refractivity contribution is 6.76. The average Bonchev–Trinajstić information content (AvgIpc) is 3.06. The normalized spacial score (nSPS) is 29.8. The molecule has 0 aromatic carbocycles. The lowest BCUT2D eigenvalue weighted by Crippen LogP contribution is -2.29. The molecular weight excluding hydrogens is 655 g/mol. The van der Waals surface area contributed by atoms with Gasteiger partial charge in [-0.25, -0.2) is 9.59 Å². The molecule has 1 heterocycles. The monoisotopic (exact) mass is 721 g/mol. The quantitative estimate of drug-likeness (QED) is 0.145. The van der Waals surface area contributed by atoms with E-state index in [-0.39, 0.29) is 30.0 Å². The van der Waals surface area contributed by atoms with Gasteiger partial charge in [0.15, 0.2) is 0 Å². The van der Waals surface area contributed by atoms with Crippen molar-refractivity contribution in [3.05, 3.63) is 107 Å². The highest BCUT2D eigenvalue weighted by Crippen LogP contribution is 2.21. The van der Waals surface area contributed by atoms with Gasteiger partial charge in [0.2, 0.25) is 0 Å². The van der Waals surface area contributed by atoms with E-state index >= 15 is 0 Å². The number of ether oxygens (including phenoxy) is 4. The summed E-state index contributed by atoms with van der Waals surface area (Å²) < 4.78 is 22.9. The number of methoxy groups -OCH3 is 2. The summed E-state index contributed by atoms with van der Waals surface area (Å²) in [6.07, 6.45) is 28.3. The maximum Gasteiger partial charge on any atom is 0.407 e. The molecule has 1 aliphatic rings. The minimum Gasteiger partial charge on any atom is -0.454 e. The summed E-state index contributed by atoms with van der Waals surface area (Å²) in [7, 11) is 2.18. The summed E-state index contributed by atoms with van der Waals surface area (Å²) in [6.45, 7) is 21.5. The molecule has 0 fully saturated rings. The first-order chi connectivity index (χ1) is 24.0. The number of cyclic esters (lactones) is 1. The van der Waals surface area contributed by atoms with E-state index in [1.807, 2.05) is 64.2 Å². The molecule has 0 aliphatic carbocycles. The SMILES string of the molecule is CO[C@@H]1/C=C(C)/C=C/[C@@H](C)/C=C(\C)C(=O)O[C@H](/C(C)=C/C=C(\C)CNC(=O)OCC[Si](C)(C)C)[C@@H](C)/C=C/C=C/[C@@H](OC)CC/C=C(C)\C=C\C1. The smallest absolute Gasteiger partial charge is 0.407 e. The molecule has 0 bridgehead atoms. The van der Waals surface area contributed by atoms with E-state index in [0.717, 1.165) is 42.0 Å². The Hall–Kier alpha value is -3.46. The van der Waals surface area contributed by atoms with Crippen LogP contribution in [-0.2, 0) is 23.7 Å². The third-order valence-electron chi connectivity index (χ3n) is 8.46. The number of hydrogen-bond acceptors (Lipinski definition) is 6. The summed E-state index contributed by atoms with van der Waals surface area (Å²) >= 11 is 0. The number of rotatable bonds is 9. The van der Waals surface area contributed by atoms with Crippen molar-refractivity contribution in [2.24, 2.45) is 11.8 Å². The largest absolute Gasteiger partial charge is 0.454 e. The van der Waals surface area contributed by atoms with Crippen molar-refractivity contribution in [3.63, 3.8) is 0 Å². The van der Waals surface area contributed by atoms with Gasteiger partial charge in [-0.3, -0.25) is 0 Å². The van der Waals surface area contributed by atoms with Crippen LogP contribution in [0, 0.1) is 11.8 Å². The van der Waals surface area contributed by atoms with Crippen LogP contribution in [0.3, 0.4) is 0 Å². The second-order valence-electron chi connectivity index (χ2n) is 14.9. The highest BCUT2D eigenvalue weighted by atomic mass is 28.3. The van der Waals surface area contributed by atoms with E-state index < -0.39 is 20.3 Å². The highest BCUT2D eigenvalue weighted by Gasteiger charge is 2.22. The molecule has 0 aromatic heterocycles. The van der Waals surface area contributed by atoms with Gasteiger partial charge in [0.25, 0.3) is 0 Å². The molecule has 284 valence electrons. The molecule has 0 radical (unpaired) electrons. The van der Waals surface area contributed by atoms with E-state index in [9.17, 15) is 9.59 Å². The second-order valence-corrected chi connectivity index (χ2v) is 20.5. The van der Waals surface area contributed by atoms with Gasteiger partial charge in [0.05, 0.1) is 18.8 Å². The van der Waals surface area contributed by atoms with Gasteiger partial charge in [0, 0.05) is 40.3 Å². The summed E-state index contributed by atoms with van der Waals surface area (Å²) in [5, 5.41) is 2.82. The van der Waals surface area contributed by atoms with Gasteiger partial charge in [-0.15, -0.1) is 0 Å². The summed E-state index contributed by atoms with van der Waals surface area (Å²) in [5.74, 6) is -0.451. The standard InChI is InChI=1S/C43H67NO6Si/c1-32-17-15-21-39(47-8)20-14-13-19-36(5)41(37(6)26-25-35(4)31-44-43(46)49-27-28-51(10,11)12)50-42(45)38(7)29-33(2)23-24-34(3)30-40(48-9)22-16-18-32/h13-14,16-20,23-26,29-30,33,36,39-41H,15,21-22,27-28,31H2,1-12H3,(H,44,46)/b18-16+,19-13+,20-14+,24-23+,32-17-,34-30+,35-25+,37-26+,38-29+/t33-,36+,39-,40+,41+/m1/s1. The van der Waals surface area contributed by atoms with Crippen LogP contribution in [0.4, 0.5) is 4.79 Å². The molecule has 0 aromatic rings. The van der Waals surface area contributed by atoms with Crippen LogP contribution in [0.5, 0.6) is 0 Å². The van der Waals surface area contributed by atoms with Crippen LogP contribution in [0.15, 0.2) is 107 Å². The molecule has 0 saturated carbocycles. The van der Waals surface area contributed by atoms with Crippen molar-refractivity contribution in [1.82, 2.24) is 5.32 Å². The molecule has 51 heavy (non-hydrogen) atoms. The van der Waals surface area contributed by atoms with Crippen molar-refractivity contribution < 1.29 is 28.5 Å². The maximum atomic E-state index is 13.4. The first-order valence-electron chi connectivity index (χ1n) is 18.3. The van der Waals surface area contributed by atoms with E-state index in [0.29, 0.717) is 18.7 Å². The van der Waals surface area contributed by atoms with E-state index in [1.54, 1.807) is 21.1 Å². The minimum absolute atomic E-state index is 0.0201. The number of nitrogens with one attached hydrogen (secondary N) is 1. The average molecular weight is 722 g/mol. The summed E-state index contributed by atoms with van der Waals surface area (Å²) in [5.41, 5.74) is 4.69. The third-order valence-corrected chi connectivity index (χ3v) is 10.2. The Morgan fingerprint density at radius 2 is 1.63 bits per heavy atom. The van der Waals surface area contributed by atoms with Crippen molar-refractivity contribution in [2.45, 2.75) is 112 Å². The molecule has 1 N–H and O–H groups in total. The number of carbonyl (C=O) groups is 2. The minimum atomic E-state index is -1.27.